The van der Waals surface area contributed by atoms with Crippen LogP contribution in [0.2, 0.25) is 0 Å². The van der Waals surface area contributed by atoms with Gasteiger partial charge in [-0.25, -0.2) is 0 Å². The summed E-state index contributed by atoms with van der Waals surface area (Å²) in [7, 11) is 4.28. The van der Waals surface area contributed by atoms with Crippen LogP contribution in [0.15, 0.2) is 0 Å². The fraction of sp³-hybridized carbons (Fsp3) is 1.00. The van der Waals surface area contributed by atoms with E-state index in [-0.39, 0.29) is 0 Å². The molecule has 0 bridgehead atoms. The molecule has 0 aromatic heterocycles. The van der Waals surface area contributed by atoms with E-state index in [1.165, 1.54) is 38.8 Å². The predicted octanol–water partition coefficient (Wildman–Crippen LogP) is 1.72. The molecule has 0 amide bonds. The summed E-state index contributed by atoms with van der Waals surface area (Å²) in [6.07, 6.45) is 5.57. The Morgan fingerprint density at radius 3 is 2.54 bits per heavy atom. The van der Waals surface area contributed by atoms with Crippen LogP contribution in [-0.4, -0.2) is 38.1 Å². The molecule has 0 aromatic rings. The first-order valence-corrected chi connectivity index (χ1v) is 5.58. The average Bonchev–Trinajstić information content (AvgIpc) is 2.16. The molecule has 1 heterocycles. The highest BCUT2D eigenvalue weighted by atomic mass is 15.1. The number of hydrogen-bond donors (Lipinski definition) is 1. The number of nitrogens with zero attached hydrogens (tertiary/aromatic N) is 1. The van der Waals surface area contributed by atoms with E-state index in [0.717, 1.165) is 5.92 Å². The van der Waals surface area contributed by atoms with Crippen LogP contribution < -0.4 is 5.32 Å². The van der Waals surface area contributed by atoms with Gasteiger partial charge in [0.1, 0.15) is 0 Å². The van der Waals surface area contributed by atoms with Crippen molar-refractivity contribution in [3.05, 3.63) is 0 Å². The molecule has 2 heteroatoms. The van der Waals surface area contributed by atoms with Gasteiger partial charge in [-0.3, -0.25) is 0 Å². The van der Waals surface area contributed by atoms with Crippen molar-refractivity contribution in [2.75, 3.05) is 27.2 Å². The van der Waals surface area contributed by atoms with E-state index in [2.05, 4.69) is 31.2 Å². The van der Waals surface area contributed by atoms with Crippen LogP contribution in [0, 0.1) is 5.92 Å². The van der Waals surface area contributed by atoms with Gasteiger partial charge in [-0.05, 0) is 65.7 Å². The third-order valence-electron chi connectivity index (χ3n) is 3.34. The van der Waals surface area contributed by atoms with Crippen LogP contribution >= 0.6 is 0 Å². The summed E-state index contributed by atoms with van der Waals surface area (Å²) in [4.78, 5) is 2.44. The summed E-state index contributed by atoms with van der Waals surface area (Å²) < 4.78 is 0. The maximum Gasteiger partial charge on any atom is 0.00358 e. The van der Waals surface area contributed by atoms with Gasteiger partial charge in [-0.1, -0.05) is 0 Å². The molecule has 78 valence electrons. The van der Waals surface area contributed by atoms with Crippen LogP contribution in [0.1, 0.15) is 32.6 Å². The van der Waals surface area contributed by atoms with Crippen molar-refractivity contribution >= 4 is 0 Å². The smallest absolute Gasteiger partial charge is 0.00358 e. The highest BCUT2D eigenvalue weighted by Crippen LogP contribution is 2.21. The minimum absolute atomic E-state index is 0.694. The number of likely N-dealkylation sites (tertiary alicyclic amines) is 1. The monoisotopic (exact) mass is 184 g/mol. The van der Waals surface area contributed by atoms with Gasteiger partial charge in [0.15, 0.2) is 0 Å². The largest absolute Gasteiger partial charge is 0.317 e. The van der Waals surface area contributed by atoms with E-state index in [9.17, 15) is 0 Å². The molecule has 0 aromatic carbocycles. The van der Waals surface area contributed by atoms with Gasteiger partial charge in [0.05, 0.1) is 0 Å². The number of rotatable bonds is 4. The standard InChI is InChI=1S/C11H24N2/c1-10(12-2)4-5-11-6-8-13(3)9-7-11/h10-12H,4-9H2,1-3H3. The first kappa shape index (κ1) is 11.0. The second-order valence-corrected chi connectivity index (χ2v) is 4.51. The van der Waals surface area contributed by atoms with Crippen LogP contribution in [-0.2, 0) is 0 Å². The molecular weight excluding hydrogens is 160 g/mol. The van der Waals surface area contributed by atoms with Crippen LogP contribution in [0.5, 0.6) is 0 Å². The number of piperidine rings is 1. The Morgan fingerprint density at radius 2 is 2.00 bits per heavy atom. The summed E-state index contributed by atoms with van der Waals surface area (Å²) in [6, 6.07) is 0.694. The van der Waals surface area contributed by atoms with Crippen molar-refractivity contribution in [1.82, 2.24) is 10.2 Å². The van der Waals surface area contributed by atoms with Gasteiger partial charge in [-0.15, -0.1) is 0 Å². The van der Waals surface area contributed by atoms with E-state index in [0.29, 0.717) is 6.04 Å². The highest BCUT2D eigenvalue weighted by molar-refractivity contribution is 4.71. The fourth-order valence-electron chi connectivity index (χ4n) is 1.98. The van der Waals surface area contributed by atoms with Crippen molar-refractivity contribution in [2.45, 2.75) is 38.6 Å². The Balaban J connectivity index is 2.08. The summed E-state index contributed by atoms with van der Waals surface area (Å²) in [5.74, 6) is 0.993. The molecule has 1 aliphatic heterocycles. The second kappa shape index (κ2) is 5.61. The third kappa shape index (κ3) is 4.10. The minimum Gasteiger partial charge on any atom is -0.317 e. The van der Waals surface area contributed by atoms with Gasteiger partial charge in [-0.2, -0.15) is 0 Å². The first-order valence-electron chi connectivity index (χ1n) is 5.58. The summed E-state index contributed by atoms with van der Waals surface area (Å²) in [6.45, 7) is 4.88. The summed E-state index contributed by atoms with van der Waals surface area (Å²) in [5, 5.41) is 3.30. The molecule has 0 radical (unpaired) electrons. The van der Waals surface area contributed by atoms with Crippen LogP contribution in [0.4, 0.5) is 0 Å². The molecule has 1 unspecified atom stereocenters. The average molecular weight is 184 g/mol. The maximum absolute atomic E-state index is 3.30. The molecule has 1 saturated heterocycles. The van der Waals surface area contributed by atoms with Gasteiger partial charge < -0.3 is 10.2 Å². The normalized spacial score (nSPS) is 23.3. The summed E-state index contributed by atoms with van der Waals surface area (Å²) in [5.41, 5.74) is 0. The van der Waals surface area contributed by atoms with Crippen molar-refractivity contribution in [1.29, 1.82) is 0 Å². The Labute approximate surface area is 82.7 Å². The highest BCUT2D eigenvalue weighted by Gasteiger charge is 2.16. The van der Waals surface area contributed by atoms with Crippen molar-refractivity contribution < 1.29 is 0 Å². The van der Waals surface area contributed by atoms with Crippen LogP contribution in [0.3, 0.4) is 0 Å². The molecule has 1 rings (SSSR count). The topological polar surface area (TPSA) is 15.3 Å². The quantitative estimate of drug-likeness (QED) is 0.715. The third-order valence-corrected chi connectivity index (χ3v) is 3.34. The molecule has 1 N–H and O–H groups in total. The van der Waals surface area contributed by atoms with E-state index in [4.69, 9.17) is 0 Å². The Bertz CT molecular complexity index is 128. The molecule has 1 fully saturated rings. The van der Waals surface area contributed by atoms with E-state index < -0.39 is 0 Å². The van der Waals surface area contributed by atoms with Crippen molar-refractivity contribution in [3.8, 4) is 0 Å². The fourth-order valence-corrected chi connectivity index (χ4v) is 1.98. The van der Waals surface area contributed by atoms with Gasteiger partial charge in [0.25, 0.3) is 0 Å². The molecule has 1 atom stereocenters. The predicted molar refractivity (Wildman–Crippen MR) is 58.0 cm³/mol. The summed E-state index contributed by atoms with van der Waals surface area (Å²) >= 11 is 0. The Morgan fingerprint density at radius 1 is 1.38 bits per heavy atom. The molecule has 0 spiro atoms. The molecular formula is C11H24N2. The number of hydrogen-bond acceptors (Lipinski definition) is 2. The Kier molecular flexibility index (Phi) is 4.74. The van der Waals surface area contributed by atoms with Crippen molar-refractivity contribution in [2.24, 2.45) is 5.92 Å². The van der Waals surface area contributed by atoms with E-state index in [1.54, 1.807) is 0 Å². The van der Waals surface area contributed by atoms with E-state index in [1.807, 2.05) is 0 Å². The minimum atomic E-state index is 0.694. The molecule has 0 saturated carbocycles. The van der Waals surface area contributed by atoms with Crippen LogP contribution in [0.25, 0.3) is 0 Å². The molecule has 2 nitrogen and oxygen atoms in total. The zero-order chi connectivity index (χ0) is 9.68. The van der Waals surface area contributed by atoms with E-state index >= 15 is 0 Å². The first-order chi connectivity index (χ1) is 6.22. The lowest BCUT2D eigenvalue weighted by atomic mass is 9.91. The molecule has 13 heavy (non-hydrogen) atoms. The lowest BCUT2D eigenvalue weighted by Crippen LogP contribution is -2.31. The maximum atomic E-state index is 3.30. The van der Waals surface area contributed by atoms with Crippen molar-refractivity contribution in [3.63, 3.8) is 0 Å². The molecule has 0 aliphatic carbocycles. The zero-order valence-corrected chi connectivity index (χ0v) is 9.34. The SMILES string of the molecule is CNC(C)CCC1CCN(C)CC1. The lowest BCUT2D eigenvalue weighted by Gasteiger charge is -2.29. The van der Waals surface area contributed by atoms with Gasteiger partial charge in [0.2, 0.25) is 0 Å². The lowest BCUT2D eigenvalue weighted by molar-refractivity contribution is 0.207. The van der Waals surface area contributed by atoms with Gasteiger partial charge >= 0.3 is 0 Å². The zero-order valence-electron chi connectivity index (χ0n) is 9.34. The Hall–Kier alpha value is -0.0800. The van der Waals surface area contributed by atoms with Gasteiger partial charge in [0, 0.05) is 6.04 Å². The molecule has 1 aliphatic rings. The second-order valence-electron chi connectivity index (χ2n) is 4.51. The number of nitrogens with one attached hydrogen (secondary N) is 1.